The number of carbonyl (C=O) groups excluding carboxylic acids is 3. The van der Waals surface area contributed by atoms with Crippen LogP contribution >= 0.6 is 11.6 Å². The summed E-state index contributed by atoms with van der Waals surface area (Å²) >= 11 is 6.05. The predicted molar refractivity (Wildman–Crippen MR) is 120 cm³/mol. The van der Waals surface area contributed by atoms with Gasteiger partial charge in [0.05, 0.1) is 11.6 Å². The molecule has 0 radical (unpaired) electrons. The number of aryl methyl sites for hydroxylation is 1. The Kier molecular flexibility index (Phi) is 5.91. The lowest BCUT2D eigenvalue weighted by Gasteiger charge is -2.18. The number of anilines is 2. The van der Waals surface area contributed by atoms with E-state index in [-0.39, 0.29) is 18.9 Å². The van der Waals surface area contributed by atoms with Crippen LogP contribution < -0.4 is 10.2 Å². The summed E-state index contributed by atoms with van der Waals surface area (Å²) in [4.78, 5) is 38.8. The first-order valence-electron chi connectivity index (χ1n) is 9.93. The number of halogens is 1. The Morgan fingerprint density at radius 1 is 1.13 bits per heavy atom. The predicted octanol–water partition coefficient (Wildman–Crippen LogP) is 4.34. The number of hydrogen-bond donors (Lipinski definition) is 1. The molecule has 4 rings (SSSR count). The molecule has 0 aliphatic carbocycles. The van der Waals surface area contributed by atoms with E-state index in [4.69, 9.17) is 16.3 Å². The van der Waals surface area contributed by atoms with Gasteiger partial charge in [-0.15, -0.1) is 0 Å². The van der Waals surface area contributed by atoms with Crippen molar-refractivity contribution in [3.8, 4) is 0 Å². The van der Waals surface area contributed by atoms with Crippen LogP contribution in [0.25, 0.3) is 10.8 Å². The molecule has 0 bridgehead atoms. The fraction of sp³-hybridized carbons (Fsp3) is 0.208. The topological polar surface area (TPSA) is 75.7 Å². The van der Waals surface area contributed by atoms with Gasteiger partial charge in [-0.1, -0.05) is 54.1 Å². The SMILES string of the molecule is Cc1ccc(NC(=O)COC(=O)[C@@H]2CC(=O)N(c3cccc4ccccc34)C2)cc1Cl. The van der Waals surface area contributed by atoms with Gasteiger partial charge < -0.3 is 15.0 Å². The first kappa shape index (κ1) is 20.9. The molecule has 2 amide bonds. The smallest absolute Gasteiger partial charge is 0.311 e. The number of amides is 2. The van der Waals surface area contributed by atoms with Gasteiger partial charge >= 0.3 is 5.97 Å². The summed E-state index contributed by atoms with van der Waals surface area (Å²) in [6.45, 7) is 1.66. The van der Waals surface area contributed by atoms with Crippen molar-refractivity contribution in [3.05, 3.63) is 71.2 Å². The Bertz CT molecular complexity index is 1170. The van der Waals surface area contributed by atoms with Gasteiger partial charge in [-0.25, -0.2) is 0 Å². The quantitative estimate of drug-likeness (QED) is 0.604. The van der Waals surface area contributed by atoms with E-state index in [0.717, 1.165) is 22.0 Å². The normalized spacial score (nSPS) is 15.9. The Morgan fingerprint density at radius 2 is 1.90 bits per heavy atom. The fourth-order valence-electron chi connectivity index (χ4n) is 3.66. The van der Waals surface area contributed by atoms with Crippen LogP contribution in [0.1, 0.15) is 12.0 Å². The van der Waals surface area contributed by atoms with E-state index in [2.05, 4.69) is 5.32 Å². The minimum atomic E-state index is -0.618. The minimum absolute atomic E-state index is 0.0528. The van der Waals surface area contributed by atoms with E-state index in [1.54, 1.807) is 23.1 Å². The lowest BCUT2D eigenvalue weighted by Crippen LogP contribution is -2.28. The van der Waals surface area contributed by atoms with Crippen molar-refractivity contribution in [1.29, 1.82) is 0 Å². The van der Waals surface area contributed by atoms with Gasteiger partial charge in [0.2, 0.25) is 5.91 Å². The van der Waals surface area contributed by atoms with Crippen LogP contribution in [0.2, 0.25) is 5.02 Å². The van der Waals surface area contributed by atoms with Gasteiger partial charge in [0.25, 0.3) is 5.91 Å². The summed E-state index contributed by atoms with van der Waals surface area (Å²) in [7, 11) is 0. The zero-order valence-corrected chi connectivity index (χ0v) is 17.7. The van der Waals surface area contributed by atoms with Crippen molar-refractivity contribution in [3.63, 3.8) is 0 Å². The molecule has 3 aromatic rings. The van der Waals surface area contributed by atoms with Crippen LogP contribution in [0.15, 0.2) is 60.7 Å². The minimum Gasteiger partial charge on any atom is -0.455 e. The molecular formula is C24H21ClN2O4. The van der Waals surface area contributed by atoms with E-state index < -0.39 is 24.4 Å². The molecule has 6 nitrogen and oxygen atoms in total. The highest BCUT2D eigenvalue weighted by atomic mass is 35.5. The number of fused-ring (bicyclic) bond motifs is 1. The van der Waals surface area contributed by atoms with Crippen molar-refractivity contribution >= 4 is 51.5 Å². The van der Waals surface area contributed by atoms with Gasteiger partial charge in [0, 0.05) is 29.1 Å². The van der Waals surface area contributed by atoms with Gasteiger partial charge in [-0.3, -0.25) is 14.4 Å². The van der Waals surface area contributed by atoms with Gasteiger partial charge in [-0.2, -0.15) is 0 Å². The molecule has 1 saturated heterocycles. The van der Waals surface area contributed by atoms with Gasteiger partial charge in [0.1, 0.15) is 0 Å². The van der Waals surface area contributed by atoms with E-state index in [0.29, 0.717) is 10.7 Å². The van der Waals surface area contributed by atoms with Crippen LogP contribution in [0.5, 0.6) is 0 Å². The molecule has 1 atom stereocenters. The summed E-state index contributed by atoms with van der Waals surface area (Å²) in [6, 6.07) is 18.7. The number of rotatable bonds is 5. The average molecular weight is 437 g/mol. The summed E-state index contributed by atoms with van der Waals surface area (Å²) in [5.74, 6) is -1.79. The Balaban J connectivity index is 1.37. The summed E-state index contributed by atoms with van der Waals surface area (Å²) < 4.78 is 5.17. The molecule has 1 N–H and O–H groups in total. The van der Waals surface area contributed by atoms with Crippen LogP contribution in [0.4, 0.5) is 11.4 Å². The molecule has 7 heteroatoms. The molecule has 1 heterocycles. The lowest BCUT2D eigenvalue weighted by atomic mass is 10.1. The molecule has 0 aromatic heterocycles. The molecule has 1 aliphatic heterocycles. The molecule has 0 spiro atoms. The number of ether oxygens (including phenoxy) is 1. The number of nitrogens with zero attached hydrogens (tertiary/aromatic N) is 1. The average Bonchev–Trinajstić information content (AvgIpc) is 3.15. The van der Waals surface area contributed by atoms with Gasteiger partial charge in [-0.05, 0) is 36.1 Å². The highest BCUT2D eigenvalue weighted by Gasteiger charge is 2.36. The Hall–Kier alpha value is -3.38. The number of carbonyl (C=O) groups is 3. The second-order valence-corrected chi connectivity index (χ2v) is 7.93. The third-order valence-corrected chi connectivity index (χ3v) is 5.72. The summed E-state index contributed by atoms with van der Waals surface area (Å²) in [5.41, 5.74) is 2.19. The lowest BCUT2D eigenvalue weighted by molar-refractivity contribution is -0.151. The Morgan fingerprint density at radius 3 is 2.71 bits per heavy atom. The van der Waals surface area contributed by atoms with E-state index in [1.165, 1.54) is 0 Å². The van der Waals surface area contributed by atoms with Crippen molar-refractivity contribution < 1.29 is 19.1 Å². The maximum Gasteiger partial charge on any atom is 0.311 e. The monoisotopic (exact) mass is 436 g/mol. The zero-order valence-electron chi connectivity index (χ0n) is 16.9. The molecule has 1 fully saturated rings. The number of hydrogen-bond acceptors (Lipinski definition) is 4. The van der Waals surface area contributed by atoms with Gasteiger partial charge in [0.15, 0.2) is 6.61 Å². The first-order valence-corrected chi connectivity index (χ1v) is 10.3. The fourth-order valence-corrected chi connectivity index (χ4v) is 3.84. The van der Waals surface area contributed by atoms with Crippen LogP contribution in [0.3, 0.4) is 0 Å². The Labute approximate surface area is 184 Å². The molecule has 3 aromatic carbocycles. The van der Waals surface area contributed by atoms with Crippen LogP contribution in [-0.2, 0) is 19.1 Å². The number of benzene rings is 3. The van der Waals surface area contributed by atoms with Crippen LogP contribution in [-0.4, -0.2) is 30.9 Å². The first-order chi connectivity index (χ1) is 14.9. The maximum atomic E-state index is 12.6. The molecular weight excluding hydrogens is 416 g/mol. The summed E-state index contributed by atoms with van der Waals surface area (Å²) in [6.07, 6.45) is 0.0528. The number of esters is 1. The van der Waals surface area contributed by atoms with E-state index in [1.807, 2.05) is 49.4 Å². The third-order valence-electron chi connectivity index (χ3n) is 5.32. The van der Waals surface area contributed by atoms with Crippen molar-refractivity contribution in [1.82, 2.24) is 0 Å². The highest BCUT2D eigenvalue weighted by Crippen LogP contribution is 2.32. The maximum absolute atomic E-state index is 12.6. The molecule has 158 valence electrons. The molecule has 1 aliphatic rings. The second-order valence-electron chi connectivity index (χ2n) is 7.52. The van der Waals surface area contributed by atoms with Crippen LogP contribution in [0, 0.1) is 12.8 Å². The van der Waals surface area contributed by atoms with E-state index in [9.17, 15) is 14.4 Å². The number of nitrogens with one attached hydrogen (secondary N) is 1. The standard InChI is InChI=1S/C24H21ClN2O4/c1-15-9-10-18(12-20(15)25)26-22(28)14-31-24(30)17-11-23(29)27(13-17)21-8-4-6-16-5-2-3-7-19(16)21/h2-10,12,17H,11,13-14H2,1H3,(H,26,28)/t17-/m1/s1. The molecule has 0 saturated carbocycles. The third kappa shape index (κ3) is 4.54. The molecule has 31 heavy (non-hydrogen) atoms. The summed E-state index contributed by atoms with van der Waals surface area (Å²) in [5, 5.41) is 5.14. The van der Waals surface area contributed by atoms with E-state index >= 15 is 0 Å². The zero-order chi connectivity index (χ0) is 22.0. The van der Waals surface area contributed by atoms with Crippen molar-refractivity contribution in [2.75, 3.05) is 23.4 Å². The largest absolute Gasteiger partial charge is 0.455 e. The molecule has 0 unspecified atom stereocenters. The van der Waals surface area contributed by atoms with Crippen molar-refractivity contribution in [2.45, 2.75) is 13.3 Å². The van der Waals surface area contributed by atoms with Crippen molar-refractivity contribution in [2.24, 2.45) is 5.92 Å². The highest BCUT2D eigenvalue weighted by molar-refractivity contribution is 6.31. The second kappa shape index (κ2) is 8.78.